The van der Waals surface area contributed by atoms with Gasteiger partial charge in [0.1, 0.15) is 29.8 Å². The van der Waals surface area contributed by atoms with E-state index in [1.807, 2.05) is 48.0 Å². The Kier molecular flexibility index (Phi) is 10.2. The van der Waals surface area contributed by atoms with E-state index in [2.05, 4.69) is 39.2 Å². The first-order valence-electron chi connectivity index (χ1n) is 15.3. The summed E-state index contributed by atoms with van der Waals surface area (Å²) in [5.74, 6) is 1.53. The van der Waals surface area contributed by atoms with Gasteiger partial charge in [-0.3, -0.25) is 0 Å². The van der Waals surface area contributed by atoms with Crippen molar-refractivity contribution in [2.75, 3.05) is 31.1 Å². The molecule has 3 aromatic heterocycles. The number of aryl methyl sites for hydroxylation is 1. The number of nitrogens with zero attached hydrogens (tertiary/aromatic N) is 4. The van der Waals surface area contributed by atoms with E-state index < -0.39 is 33.6 Å². The van der Waals surface area contributed by atoms with Gasteiger partial charge >= 0.3 is 6.09 Å². The summed E-state index contributed by atoms with van der Waals surface area (Å²) in [6.45, 7) is 8.30. The summed E-state index contributed by atoms with van der Waals surface area (Å²) in [6, 6.07) is 14.9. The second-order valence-electron chi connectivity index (χ2n) is 13.2. The molecule has 47 heavy (non-hydrogen) atoms. The van der Waals surface area contributed by atoms with Crippen LogP contribution >= 0.6 is 10.0 Å². The third-order valence-electron chi connectivity index (χ3n) is 7.10. The predicted molar refractivity (Wildman–Crippen MR) is 183 cm³/mol. The van der Waals surface area contributed by atoms with Crippen molar-refractivity contribution in [3.05, 3.63) is 89.8 Å². The van der Waals surface area contributed by atoms with E-state index in [9.17, 15) is 4.79 Å². The van der Waals surface area contributed by atoms with Crippen molar-refractivity contribution in [2.24, 2.45) is 0 Å². The Morgan fingerprint density at radius 2 is 1.85 bits per heavy atom. The molecule has 5 rings (SSSR count). The van der Waals surface area contributed by atoms with Gasteiger partial charge in [0.15, 0.2) is 11.6 Å². The average Bonchev–Trinajstić information content (AvgIpc) is 3.61. The maximum atomic E-state index is 15.6. The fourth-order valence-electron chi connectivity index (χ4n) is 4.88. The highest BCUT2D eigenvalue weighted by Gasteiger charge is 2.26. The molecular weight excluding hydrogens is 621 g/mol. The lowest BCUT2D eigenvalue weighted by Gasteiger charge is -2.24. The van der Waals surface area contributed by atoms with Crippen molar-refractivity contribution < 1.29 is 27.9 Å². The number of benzene rings is 2. The minimum atomic E-state index is -0.782. The lowest BCUT2D eigenvalue weighted by molar-refractivity contribution is 0.0493. The standard InChI is InChI=1S/C35H42FN5O5S/c1-23-21-41(22-43-17-18-47(5,6)7)32-30(23)29(15-16-37-32)44-28-14-13-24(19-26(28)36)20-27(38-34(42)45-35(2,3)4)33-39-31(40-46-33)25-11-9-8-10-12-25/h8-16,19,21,27H,17-18,20,22H2,1-7H3,(H,38,42)/t27-/m0/s1. The van der Waals surface area contributed by atoms with Crippen molar-refractivity contribution in [1.82, 2.24) is 25.0 Å². The van der Waals surface area contributed by atoms with Crippen molar-refractivity contribution >= 4 is 27.2 Å². The molecule has 250 valence electrons. The highest BCUT2D eigenvalue weighted by Crippen LogP contribution is 2.35. The molecule has 1 atom stereocenters. The van der Waals surface area contributed by atoms with Crippen LogP contribution in [0.15, 0.2) is 71.5 Å². The van der Waals surface area contributed by atoms with Crippen LogP contribution < -0.4 is 10.1 Å². The van der Waals surface area contributed by atoms with Gasteiger partial charge in [-0.2, -0.15) is 4.98 Å². The molecule has 1 amide bonds. The molecule has 10 nitrogen and oxygen atoms in total. The molecular formula is C35H42FN5O5S. The molecule has 5 aromatic rings. The zero-order valence-corrected chi connectivity index (χ0v) is 28.7. The molecule has 0 fully saturated rings. The van der Waals surface area contributed by atoms with Crippen LogP contribution in [0.2, 0.25) is 0 Å². The van der Waals surface area contributed by atoms with Crippen LogP contribution in [0.4, 0.5) is 9.18 Å². The van der Waals surface area contributed by atoms with E-state index in [1.54, 1.807) is 45.2 Å². The number of pyridine rings is 1. The molecule has 0 aliphatic rings. The Hall–Kier alpha value is -4.42. The summed E-state index contributed by atoms with van der Waals surface area (Å²) in [7, 11) is -0.647. The first kappa shape index (κ1) is 33.9. The van der Waals surface area contributed by atoms with Gasteiger partial charge < -0.3 is 28.6 Å². The summed E-state index contributed by atoms with van der Waals surface area (Å²) in [6.07, 6.45) is 9.88. The van der Waals surface area contributed by atoms with Crippen LogP contribution in [-0.2, 0) is 22.6 Å². The Balaban J connectivity index is 1.34. The zero-order chi connectivity index (χ0) is 33.8. The highest BCUT2D eigenvalue weighted by atomic mass is 32.3. The fraction of sp³-hybridized carbons (Fsp3) is 0.371. The Morgan fingerprint density at radius 1 is 1.09 bits per heavy atom. The molecule has 0 saturated heterocycles. The maximum absolute atomic E-state index is 15.6. The molecule has 0 radical (unpaired) electrons. The van der Waals surface area contributed by atoms with E-state index in [1.165, 1.54) is 6.07 Å². The monoisotopic (exact) mass is 663 g/mol. The topological polar surface area (TPSA) is 114 Å². The van der Waals surface area contributed by atoms with E-state index in [0.717, 1.165) is 22.3 Å². The Labute approximate surface area is 275 Å². The van der Waals surface area contributed by atoms with Gasteiger partial charge in [0.25, 0.3) is 0 Å². The van der Waals surface area contributed by atoms with Crippen molar-refractivity contribution in [1.29, 1.82) is 0 Å². The van der Waals surface area contributed by atoms with E-state index >= 15 is 4.39 Å². The van der Waals surface area contributed by atoms with E-state index in [0.29, 0.717) is 36.1 Å². The minimum Gasteiger partial charge on any atom is -0.453 e. The number of halogens is 1. The van der Waals surface area contributed by atoms with Gasteiger partial charge in [0, 0.05) is 30.1 Å². The summed E-state index contributed by atoms with van der Waals surface area (Å²) in [5, 5.41) is 7.67. The van der Waals surface area contributed by atoms with Crippen LogP contribution in [0, 0.1) is 12.7 Å². The van der Waals surface area contributed by atoms with Crippen molar-refractivity contribution in [3.63, 3.8) is 0 Å². The third kappa shape index (κ3) is 9.11. The lowest BCUT2D eigenvalue weighted by Crippen LogP contribution is -2.36. The average molecular weight is 664 g/mol. The van der Waals surface area contributed by atoms with Crippen molar-refractivity contribution in [2.45, 2.75) is 52.5 Å². The molecule has 2 aromatic carbocycles. The number of hydrogen-bond donors (Lipinski definition) is 1. The first-order valence-corrected chi connectivity index (χ1v) is 18.3. The molecule has 0 aliphatic carbocycles. The van der Waals surface area contributed by atoms with Crippen LogP contribution in [0.5, 0.6) is 11.5 Å². The number of carbonyl (C=O) groups excluding carboxylic acids is 1. The fourth-order valence-corrected chi connectivity index (χ4v) is 5.49. The molecule has 0 unspecified atom stereocenters. The molecule has 0 spiro atoms. The third-order valence-corrected chi connectivity index (χ3v) is 8.49. The number of aromatic nitrogens is 4. The van der Waals surface area contributed by atoms with Crippen LogP contribution in [0.1, 0.15) is 43.8 Å². The van der Waals surface area contributed by atoms with E-state index in [4.69, 9.17) is 18.7 Å². The molecule has 0 bridgehead atoms. The van der Waals surface area contributed by atoms with Crippen LogP contribution in [-0.4, -0.2) is 62.5 Å². The maximum Gasteiger partial charge on any atom is 0.408 e. The van der Waals surface area contributed by atoms with Gasteiger partial charge in [-0.15, -0.1) is 0 Å². The highest BCUT2D eigenvalue weighted by molar-refractivity contribution is 8.32. The van der Waals surface area contributed by atoms with Gasteiger partial charge in [-0.25, -0.2) is 24.2 Å². The lowest BCUT2D eigenvalue weighted by atomic mass is 10.1. The summed E-state index contributed by atoms with van der Waals surface area (Å²) >= 11 is 0. The second-order valence-corrected chi connectivity index (χ2v) is 17.8. The summed E-state index contributed by atoms with van der Waals surface area (Å²) in [5.41, 5.74) is 2.26. The number of nitrogens with one attached hydrogen (secondary N) is 1. The van der Waals surface area contributed by atoms with Crippen LogP contribution in [0.3, 0.4) is 0 Å². The number of ether oxygens (including phenoxy) is 3. The minimum absolute atomic E-state index is 0.0543. The largest absolute Gasteiger partial charge is 0.453 e. The predicted octanol–water partition coefficient (Wildman–Crippen LogP) is 7.80. The Morgan fingerprint density at radius 3 is 2.55 bits per heavy atom. The molecule has 12 heteroatoms. The Bertz CT molecular complexity index is 1830. The number of carbonyl (C=O) groups is 1. The smallest absolute Gasteiger partial charge is 0.408 e. The van der Waals surface area contributed by atoms with Gasteiger partial charge in [-0.05, 0) is 75.8 Å². The van der Waals surface area contributed by atoms with E-state index in [-0.39, 0.29) is 18.1 Å². The number of alkyl carbamates (subject to hydrolysis) is 1. The second kappa shape index (κ2) is 14.1. The zero-order valence-electron chi connectivity index (χ0n) is 27.9. The quantitative estimate of drug-likeness (QED) is 0.135. The number of fused-ring (bicyclic) bond motifs is 1. The first-order chi connectivity index (χ1) is 22.3. The normalized spacial score (nSPS) is 13.0. The van der Waals surface area contributed by atoms with Gasteiger partial charge in [0.2, 0.25) is 11.7 Å². The van der Waals surface area contributed by atoms with Crippen LogP contribution in [0.25, 0.3) is 22.4 Å². The number of amides is 1. The number of hydrogen-bond acceptors (Lipinski definition) is 8. The number of rotatable bonds is 12. The molecule has 1 N–H and O–H groups in total. The SMILES string of the molecule is Cc1cn(COCCS(C)(C)C)c2nccc(Oc3ccc(C[C@H](NC(=O)OC(C)(C)C)c4nc(-c5ccccc5)no4)cc3F)c12. The summed E-state index contributed by atoms with van der Waals surface area (Å²) in [4.78, 5) is 21.8. The molecule has 0 saturated carbocycles. The van der Waals surface area contributed by atoms with Gasteiger partial charge in [-0.1, -0.05) is 41.6 Å². The summed E-state index contributed by atoms with van der Waals surface area (Å²) < 4.78 is 40.6. The van der Waals surface area contributed by atoms with Gasteiger partial charge in [0.05, 0.1) is 12.0 Å². The molecule has 0 aliphatic heterocycles. The molecule has 3 heterocycles. The van der Waals surface area contributed by atoms with Crippen molar-refractivity contribution in [3.8, 4) is 22.9 Å².